The fourth-order valence-corrected chi connectivity index (χ4v) is 2.23. The predicted octanol–water partition coefficient (Wildman–Crippen LogP) is 4.87. The number of hydrogen-bond acceptors (Lipinski definition) is 2. The minimum atomic E-state index is 0.377. The van der Waals surface area contributed by atoms with Gasteiger partial charge in [0.05, 0.1) is 5.02 Å². The summed E-state index contributed by atoms with van der Waals surface area (Å²) in [4.78, 5) is 0. The molecule has 0 spiro atoms. The molecule has 1 rings (SSSR count). The first-order chi connectivity index (χ1) is 9.04. The van der Waals surface area contributed by atoms with Gasteiger partial charge in [-0.2, -0.15) is 0 Å². The Balaban J connectivity index is 2.80. The van der Waals surface area contributed by atoms with Gasteiger partial charge in [0.25, 0.3) is 0 Å². The highest BCUT2D eigenvalue weighted by Crippen LogP contribution is 2.32. The van der Waals surface area contributed by atoms with E-state index in [-0.39, 0.29) is 0 Å². The van der Waals surface area contributed by atoms with Gasteiger partial charge < -0.3 is 10.1 Å². The first-order valence-electron chi connectivity index (χ1n) is 6.11. The van der Waals surface area contributed by atoms with E-state index >= 15 is 0 Å². The standard InChI is InChI=1S/C14H18Cl3NO/c1-10(2)8-18-9-11-6-12(16)7-13(17)14(11)19-5-3-4-15/h3-4,6-7,10,18H,5,8-9H2,1-2H3. The Kier molecular flexibility index (Phi) is 7.62. The van der Waals surface area contributed by atoms with E-state index in [1.807, 2.05) is 6.07 Å². The molecule has 0 aromatic heterocycles. The maximum absolute atomic E-state index is 6.16. The van der Waals surface area contributed by atoms with E-state index in [4.69, 9.17) is 39.5 Å². The SMILES string of the molecule is CC(C)CNCc1cc(Cl)cc(Cl)c1OCC=CCl. The van der Waals surface area contributed by atoms with Crippen LogP contribution in [-0.2, 0) is 6.54 Å². The molecular formula is C14H18Cl3NO. The molecule has 19 heavy (non-hydrogen) atoms. The molecule has 1 aromatic carbocycles. The van der Waals surface area contributed by atoms with Gasteiger partial charge in [0.15, 0.2) is 0 Å². The topological polar surface area (TPSA) is 21.3 Å². The minimum Gasteiger partial charge on any atom is -0.488 e. The van der Waals surface area contributed by atoms with Gasteiger partial charge >= 0.3 is 0 Å². The average molecular weight is 323 g/mol. The Morgan fingerprint density at radius 1 is 1.32 bits per heavy atom. The molecule has 0 saturated heterocycles. The normalized spacial score (nSPS) is 11.5. The molecule has 0 unspecified atom stereocenters. The maximum Gasteiger partial charge on any atom is 0.142 e. The second-order valence-corrected chi connectivity index (χ2v) is 5.67. The lowest BCUT2D eigenvalue weighted by Gasteiger charge is -2.14. The van der Waals surface area contributed by atoms with E-state index in [1.165, 1.54) is 5.54 Å². The Morgan fingerprint density at radius 2 is 2.05 bits per heavy atom. The van der Waals surface area contributed by atoms with Gasteiger partial charge in [-0.3, -0.25) is 0 Å². The molecule has 0 bridgehead atoms. The van der Waals surface area contributed by atoms with Crippen LogP contribution in [0.25, 0.3) is 0 Å². The summed E-state index contributed by atoms with van der Waals surface area (Å²) >= 11 is 17.6. The van der Waals surface area contributed by atoms with Crippen molar-refractivity contribution in [1.82, 2.24) is 5.32 Å². The fraction of sp³-hybridized carbons (Fsp3) is 0.429. The number of rotatable bonds is 7. The molecule has 0 heterocycles. The molecule has 0 fully saturated rings. The molecule has 5 heteroatoms. The average Bonchev–Trinajstić information content (AvgIpc) is 2.32. The van der Waals surface area contributed by atoms with Crippen LogP contribution in [0.15, 0.2) is 23.7 Å². The van der Waals surface area contributed by atoms with Gasteiger partial charge in [0.2, 0.25) is 0 Å². The lowest BCUT2D eigenvalue weighted by molar-refractivity contribution is 0.357. The summed E-state index contributed by atoms with van der Waals surface area (Å²) < 4.78 is 5.62. The first kappa shape index (κ1) is 16.6. The van der Waals surface area contributed by atoms with Crippen LogP contribution in [-0.4, -0.2) is 13.2 Å². The lowest BCUT2D eigenvalue weighted by Crippen LogP contribution is -2.19. The van der Waals surface area contributed by atoms with Crippen LogP contribution >= 0.6 is 34.8 Å². The van der Waals surface area contributed by atoms with Crippen molar-refractivity contribution in [2.24, 2.45) is 5.92 Å². The Morgan fingerprint density at radius 3 is 2.68 bits per heavy atom. The smallest absolute Gasteiger partial charge is 0.142 e. The second kappa shape index (κ2) is 8.70. The zero-order chi connectivity index (χ0) is 14.3. The molecule has 1 N–H and O–H groups in total. The number of nitrogens with one attached hydrogen (secondary N) is 1. The van der Waals surface area contributed by atoms with Crippen LogP contribution < -0.4 is 10.1 Å². The van der Waals surface area contributed by atoms with Crippen molar-refractivity contribution in [2.75, 3.05) is 13.2 Å². The van der Waals surface area contributed by atoms with E-state index in [2.05, 4.69) is 19.2 Å². The molecule has 2 nitrogen and oxygen atoms in total. The second-order valence-electron chi connectivity index (χ2n) is 4.57. The minimum absolute atomic E-state index is 0.377. The summed E-state index contributed by atoms with van der Waals surface area (Å²) in [6, 6.07) is 3.54. The summed E-state index contributed by atoms with van der Waals surface area (Å²) in [6.45, 7) is 6.27. The quantitative estimate of drug-likeness (QED) is 0.773. The van der Waals surface area contributed by atoms with Crippen LogP contribution in [0.3, 0.4) is 0 Å². The van der Waals surface area contributed by atoms with Crippen LogP contribution in [0.1, 0.15) is 19.4 Å². The number of hydrogen-bond donors (Lipinski definition) is 1. The molecule has 0 aliphatic carbocycles. The predicted molar refractivity (Wildman–Crippen MR) is 83.5 cm³/mol. The molecule has 0 aliphatic rings. The monoisotopic (exact) mass is 321 g/mol. The zero-order valence-corrected chi connectivity index (χ0v) is 13.3. The van der Waals surface area contributed by atoms with E-state index in [1.54, 1.807) is 12.1 Å². The van der Waals surface area contributed by atoms with Crippen LogP contribution in [0.2, 0.25) is 10.0 Å². The van der Waals surface area contributed by atoms with E-state index in [0.29, 0.717) is 34.9 Å². The van der Waals surface area contributed by atoms with Crippen molar-refractivity contribution in [1.29, 1.82) is 0 Å². The molecule has 0 aliphatic heterocycles. The van der Waals surface area contributed by atoms with Crippen molar-refractivity contribution >= 4 is 34.8 Å². The number of benzene rings is 1. The molecule has 1 aromatic rings. The first-order valence-corrected chi connectivity index (χ1v) is 7.30. The summed E-state index contributed by atoms with van der Waals surface area (Å²) in [6.07, 6.45) is 1.71. The third kappa shape index (κ3) is 6.05. The van der Waals surface area contributed by atoms with E-state index in [9.17, 15) is 0 Å². The summed E-state index contributed by atoms with van der Waals surface area (Å²) in [5.41, 5.74) is 2.36. The third-order valence-electron chi connectivity index (χ3n) is 2.37. The van der Waals surface area contributed by atoms with Gasteiger partial charge in [0, 0.05) is 22.7 Å². The Labute approximate surface area is 129 Å². The third-order valence-corrected chi connectivity index (χ3v) is 3.04. The zero-order valence-electron chi connectivity index (χ0n) is 11.1. The van der Waals surface area contributed by atoms with Crippen molar-refractivity contribution in [2.45, 2.75) is 20.4 Å². The number of ether oxygens (including phenoxy) is 1. The van der Waals surface area contributed by atoms with Crippen molar-refractivity contribution in [3.8, 4) is 5.75 Å². The van der Waals surface area contributed by atoms with Gasteiger partial charge in [0.1, 0.15) is 12.4 Å². The van der Waals surface area contributed by atoms with E-state index in [0.717, 1.165) is 12.1 Å². The highest BCUT2D eigenvalue weighted by molar-refractivity contribution is 6.35. The van der Waals surface area contributed by atoms with Gasteiger partial charge in [-0.15, -0.1) is 0 Å². The lowest BCUT2D eigenvalue weighted by atomic mass is 10.1. The van der Waals surface area contributed by atoms with Crippen LogP contribution in [0.4, 0.5) is 0 Å². The Hall–Kier alpha value is -0.410. The van der Waals surface area contributed by atoms with Crippen LogP contribution in [0, 0.1) is 5.92 Å². The number of halogens is 3. The van der Waals surface area contributed by atoms with Gasteiger partial charge in [-0.05, 0) is 30.7 Å². The highest BCUT2D eigenvalue weighted by atomic mass is 35.5. The van der Waals surface area contributed by atoms with Crippen molar-refractivity contribution in [3.05, 3.63) is 39.4 Å². The van der Waals surface area contributed by atoms with E-state index < -0.39 is 0 Å². The molecule has 106 valence electrons. The summed E-state index contributed by atoms with van der Waals surface area (Å²) in [7, 11) is 0. The molecule has 0 radical (unpaired) electrons. The van der Waals surface area contributed by atoms with Gasteiger partial charge in [-0.1, -0.05) is 48.7 Å². The van der Waals surface area contributed by atoms with Crippen molar-refractivity contribution < 1.29 is 4.74 Å². The summed E-state index contributed by atoms with van der Waals surface area (Å²) in [5.74, 6) is 1.23. The highest BCUT2D eigenvalue weighted by Gasteiger charge is 2.10. The summed E-state index contributed by atoms with van der Waals surface area (Å²) in [5, 5.41) is 4.46. The van der Waals surface area contributed by atoms with Crippen molar-refractivity contribution in [3.63, 3.8) is 0 Å². The molecule has 0 amide bonds. The largest absolute Gasteiger partial charge is 0.488 e. The van der Waals surface area contributed by atoms with Gasteiger partial charge in [-0.25, -0.2) is 0 Å². The van der Waals surface area contributed by atoms with Crippen LogP contribution in [0.5, 0.6) is 5.75 Å². The molecule has 0 saturated carbocycles. The molecule has 0 atom stereocenters. The fourth-order valence-electron chi connectivity index (χ4n) is 1.57. The maximum atomic E-state index is 6.16. The molecular weight excluding hydrogens is 305 g/mol. The Bertz CT molecular complexity index is 433.